The number of hydrogen-bond donors (Lipinski definition) is 1. The molecule has 0 fully saturated rings. The van der Waals surface area contributed by atoms with E-state index in [1.54, 1.807) is 7.11 Å². The van der Waals surface area contributed by atoms with E-state index in [9.17, 15) is 4.79 Å². The van der Waals surface area contributed by atoms with E-state index in [1.807, 2.05) is 18.3 Å². The molecule has 0 bridgehead atoms. The zero-order valence-corrected chi connectivity index (χ0v) is 13.1. The number of benzene rings is 1. The summed E-state index contributed by atoms with van der Waals surface area (Å²) in [4.78, 5) is 11.8. The molecule has 120 valence electrons. The minimum Gasteiger partial charge on any atom is -0.382 e. The van der Waals surface area contributed by atoms with Gasteiger partial charge in [-0.15, -0.1) is 0 Å². The molecular weight excluding hydrogens is 280 g/mol. The summed E-state index contributed by atoms with van der Waals surface area (Å²) in [6.07, 6.45) is 3.34. The van der Waals surface area contributed by atoms with Crippen molar-refractivity contribution in [2.75, 3.05) is 33.5 Å². The number of aryl methyl sites for hydroxylation is 1. The Hall–Kier alpha value is -1.85. The topological polar surface area (TPSA) is 52.5 Å². The maximum absolute atomic E-state index is 11.8. The first kappa shape index (κ1) is 16.5. The minimum atomic E-state index is 0.0784. The quantitative estimate of drug-likeness (QED) is 0.685. The number of fused-ring (bicyclic) bond motifs is 1. The Morgan fingerprint density at radius 1 is 1.18 bits per heavy atom. The molecule has 2 rings (SSSR count). The second-order valence-corrected chi connectivity index (χ2v) is 5.13. The van der Waals surface area contributed by atoms with Crippen LogP contribution in [-0.4, -0.2) is 43.9 Å². The van der Waals surface area contributed by atoms with Gasteiger partial charge in [-0.2, -0.15) is 0 Å². The monoisotopic (exact) mass is 304 g/mol. The Labute approximate surface area is 131 Å². The Morgan fingerprint density at radius 2 is 2.05 bits per heavy atom. The normalized spacial score (nSPS) is 11.0. The number of methoxy groups -OCH3 is 1. The fraction of sp³-hybridized carbons (Fsp3) is 0.471. The number of para-hydroxylation sites is 1. The number of aromatic nitrogens is 1. The van der Waals surface area contributed by atoms with Gasteiger partial charge in [0, 0.05) is 44.9 Å². The zero-order valence-electron chi connectivity index (χ0n) is 13.1. The van der Waals surface area contributed by atoms with Gasteiger partial charge in [0.1, 0.15) is 0 Å². The predicted octanol–water partition coefficient (Wildman–Crippen LogP) is 2.20. The van der Waals surface area contributed by atoms with Gasteiger partial charge in [-0.25, -0.2) is 0 Å². The van der Waals surface area contributed by atoms with Crippen LogP contribution in [-0.2, 0) is 20.8 Å². The minimum absolute atomic E-state index is 0.0784. The number of nitrogens with zero attached hydrogens (tertiary/aromatic N) is 1. The van der Waals surface area contributed by atoms with Crippen LogP contribution in [0, 0.1) is 0 Å². The molecule has 0 radical (unpaired) electrons. The van der Waals surface area contributed by atoms with E-state index in [2.05, 4.69) is 28.1 Å². The molecule has 1 heterocycles. The van der Waals surface area contributed by atoms with Crippen LogP contribution in [0.5, 0.6) is 0 Å². The Bertz CT molecular complexity index is 580. The summed E-state index contributed by atoms with van der Waals surface area (Å²) < 4.78 is 12.3. The smallest absolute Gasteiger partial charge is 0.221 e. The lowest BCUT2D eigenvalue weighted by Gasteiger charge is -2.07. The van der Waals surface area contributed by atoms with Gasteiger partial charge in [-0.3, -0.25) is 4.79 Å². The first-order valence-electron chi connectivity index (χ1n) is 7.68. The van der Waals surface area contributed by atoms with E-state index in [0.29, 0.717) is 39.3 Å². The highest BCUT2D eigenvalue weighted by Crippen LogP contribution is 2.15. The maximum atomic E-state index is 11.8. The third kappa shape index (κ3) is 5.16. The van der Waals surface area contributed by atoms with E-state index in [-0.39, 0.29) is 5.91 Å². The third-order valence-electron chi connectivity index (χ3n) is 3.48. The molecule has 0 aliphatic heterocycles. The first-order chi connectivity index (χ1) is 10.8. The van der Waals surface area contributed by atoms with Gasteiger partial charge in [-0.1, -0.05) is 18.2 Å². The number of carbonyl (C=O) groups excluding carboxylic acids is 1. The Balaban J connectivity index is 1.62. The number of rotatable bonds is 10. The maximum Gasteiger partial charge on any atom is 0.221 e. The lowest BCUT2D eigenvalue weighted by Crippen LogP contribution is -2.26. The van der Waals surface area contributed by atoms with Crippen LogP contribution in [0.15, 0.2) is 36.5 Å². The molecule has 0 aliphatic rings. The molecule has 0 aliphatic carbocycles. The average molecular weight is 304 g/mol. The molecule has 22 heavy (non-hydrogen) atoms. The molecule has 0 saturated carbocycles. The molecule has 1 amide bonds. The van der Waals surface area contributed by atoms with Crippen molar-refractivity contribution < 1.29 is 14.3 Å². The van der Waals surface area contributed by atoms with E-state index >= 15 is 0 Å². The molecule has 2 aromatic rings. The van der Waals surface area contributed by atoms with Crippen LogP contribution in [0.1, 0.15) is 12.8 Å². The molecule has 0 spiro atoms. The lowest BCUT2D eigenvalue weighted by atomic mass is 10.2. The Morgan fingerprint density at radius 3 is 2.91 bits per heavy atom. The highest BCUT2D eigenvalue weighted by molar-refractivity contribution is 5.80. The largest absolute Gasteiger partial charge is 0.382 e. The number of nitrogens with one attached hydrogen (secondary N) is 1. The molecule has 5 heteroatoms. The van der Waals surface area contributed by atoms with Gasteiger partial charge in [0.05, 0.1) is 13.2 Å². The van der Waals surface area contributed by atoms with Crippen molar-refractivity contribution in [1.82, 2.24) is 9.88 Å². The molecule has 0 saturated heterocycles. The van der Waals surface area contributed by atoms with Crippen molar-refractivity contribution in [2.24, 2.45) is 0 Å². The van der Waals surface area contributed by atoms with Crippen LogP contribution < -0.4 is 5.32 Å². The number of hydrogen-bond acceptors (Lipinski definition) is 3. The van der Waals surface area contributed by atoms with Gasteiger partial charge < -0.3 is 19.4 Å². The summed E-state index contributed by atoms with van der Waals surface area (Å²) in [5.74, 6) is 0.0784. The highest BCUT2D eigenvalue weighted by atomic mass is 16.5. The number of ether oxygens (including phenoxy) is 2. The van der Waals surface area contributed by atoms with E-state index in [4.69, 9.17) is 9.47 Å². The summed E-state index contributed by atoms with van der Waals surface area (Å²) >= 11 is 0. The average Bonchev–Trinajstić information content (AvgIpc) is 2.95. The molecule has 0 unspecified atom stereocenters. The molecular formula is C17H24N2O3. The van der Waals surface area contributed by atoms with Crippen molar-refractivity contribution in [3.63, 3.8) is 0 Å². The van der Waals surface area contributed by atoms with Gasteiger partial charge in [-0.05, 0) is 23.9 Å². The zero-order chi connectivity index (χ0) is 15.6. The molecule has 5 nitrogen and oxygen atoms in total. The molecule has 1 N–H and O–H groups in total. The second-order valence-electron chi connectivity index (χ2n) is 5.13. The van der Waals surface area contributed by atoms with Crippen LogP contribution in [0.25, 0.3) is 10.9 Å². The molecule has 1 aromatic carbocycles. The summed E-state index contributed by atoms with van der Waals surface area (Å²) in [5, 5.41) is 4.13. The number of carbonyl (C=O) groups is 1. The van der Waals surface area contributed by atoms with Crippen molar-refractivity contribution >= 4 is 16.8 Å². The van der Waals surface area contributed by atoms with E-state index in [1.165, 1.54) is 10.9 Å². The van der Waals surface area contributed by atoms with Crippen LogP contribution in [0.3, 0.4) is 0 Å². The SMILES string of the molecule is COCCOCCCNC(=O)CCn1ccc2ccccc21. The van der Waals surface area contributed by atoms with Crippen molar-refractivity contribution in [1.29, 1.82) is 0 Å². The second kappa shape index (κ2) is 9.23. The fourth-order valence-corrected chi connectivity index (χ4v) is 2.29. The lowest BCUT2D eigenvalue weighted by molar-refractivity contribution is -0.121. The van der Waals surface area contributed by atoms with E-state index < -0.39 is 0 Å². The van der Waals surface area contributed by atoms with Gasteiger partial charge in [0.15, 0.2) is 0 Å². The number of amides is 1. The predicted molar refractivity (Wildman–Crippen MR) is 86.9 cm³/mol. The third-order valence-corrected chi connectivity index (χ3v) is 3.48. The van der Waals surface area contributed by atoms with Crippen LogP contribution in [0.2, 0.25) is 0 Å². The molecule has 0 atom stereocenters. The van der Waals surface area contributed by atoms with Crippen molar-refractivity contribution in [3.05, 3.63) is 36.5 Å². The summed E-state index contributed by atoms with van der Waals surface area (Å²) in [5.41, 5.74) is 1.17. The molecule has 1 aromatic heterocycles. The van der Waals surface area contributed by atoms with Crippen molar-refractivity contribution in [2.45, 2.75) is 19.4 Å². The summed E-state index contributed by atoms with van der Waals surface area (Å²) in [6, 6.07) is 10.3. The summed E-state index contributed by atoms with van der Waals surface area (Å²) in [6.45, 7) is 3.20. The highest BCUT2D eigenvalue weighted by Gasteiger charge is 2.04. The summed E-state index contributed by atoms with van der Waals surface area (Å²) in [7, 11) is 1.65. The van der Waals surface area contributed by atoms with Gasteiger partial charge in [0.2, 0.25) is 5.91 Å². The van der Waals surface area contributed by atoms with Gasteiger partial charge >= 0.3 is 0 Å². The van der Waals surface area contributed by atoms with Crippen molar-refractivity contribution in [3.8, 4) is 0 Å². The fourth-order valence-electron chi connectivity index (χ4n) is 2.29. The first-order valence-corrected chi connectivity index (χ1v) is 7.68. The Kier molecular flexibility index (Phi) is 6.93. The van der Waals surface area contributed by atoms with Crippen LogP contribution >= 0.6 is 0 Å². The standard InChI is InChI=1S/C17H24N2O3/c1-21-13-14-22-12-4-9-18-17(20)8-11-19-10-7-15-5-2-3-6-16(15)19/h2-3,5-7,10H,4,8-9,11-14H2,1H3,(H,18,20). The van der Waals surface area contributed by atoms with E-state index in [0.717, 1.165) is 6.42 Å². The van der Waals surface area contributed by atoms with Gasteiger partial charge in [0.25, 0.3) is 0 Å². The van der Waals surface area contributed by atoms with Crippen LogP contribution in [0.4, 0.5) is 0 Å².